The van der Waals surface area contributed by atoms with Crippen LogP contribution < -0.4 is 0 Å². The zero-order chi connectivity index (χ0) is 9.19. The summed E-state index contributed by atoms with van der Waals surface area (Å²) in [4.78, 5) is 10.9. The minimum Gasteiger partial charge on any atom is -0.481 e. The zero-order valence-electron chi connectivity index (χ0n) is 7.12. The van der Waals surface area contributed by atoms with Crippen molar-refractivity contribution in [2.45, 2.75) is 25.9 Å². The lowest BCUT2D eigenvalue weighted by Gasteiger charge is -2.23. The largest absolute Gasteiger partial charge is 0.481 e. The molecule has 1 heterocycles. The van der Waals surface area contributed by atoms with Gasteiger partial charge in [-0.2, -0.15) is 11.8 Å². The number of thioether (sulfide) groups is 1. The summed E-state index contributed by atoms with van der Waals surface area (Å²) in [5.41, 5.74) is -0.654. The molecule has 0 aliphatic carbocycles. The quantitative estimate of drug-likeness (QED) is 0.696. The van der Waals surface area contributed by atoms with Crippen LogP contribution in [0.5, 0.6) is 0 Å². The highest BCUT2D eigenvalue weighted by atomic mass is 32.2. The monoisotopic (exact) mass is 190 g/mol. The molecule has 2 N–H and O–H groups in total. The summed E-state index contributed by atoms with van der Waals surface area (Å²) in [7, 11) is 0. The summed E-state index contributed by atoms with van der Waals surface area (Å²) >= 11 is 1.66. The van der Waals surface area contributed by atoms with E-state index in [1.807, 2.05) is 0 Å². The van der Waals surface area contributed by atoms with Crippen LogP contribution in [-0.2, 0) is 4.79 Å². The van der Waals surface area contributed by atoms with Crippen molar-refractivity contribution in [3.8, 4) is 0 Å². The number of carboxylic acid groups (broad SMARTS) is 1. The molecular weight excluding hydrogens is 176 g/mol. The van der Waals surface area contributed by atoms with Crippen molar-refractivity contribution in [1.82, 2.24) is 0 Å². The van der Waals surface area contributed by atoms with E-state index in [9.17, 15) is 4.79 Å². The fourth-order valence-electron chi connectivity index (χ4n) is 1.59. The van der Waals surface area contributed by atoms with Gasteiger partial charge in [0.25, 0.3) is 0 Å². The van der Waals surface area contributed by atoms with Crippen molar-refractivity contribution in [2.75, 3.05) is 11.5 Å². The molecule has 0 aromatic carbocycles. The lowest BCUT2D eigenvalue weighted by molar-refractivity contribution is -0.149. The van der Waals surface area contributed by atoms with Gasteiger partial charge in [-0.3, -0.25) is 4.79 Å². The molecule has 0 aromatic rings. The second-order valence-corrected chi connectivity index (χ2v) is 4.55. The third kappa shape index (κ3) is 1.93. The van der Waals surface area contributed by atoms with Crippen LogP contribution in [0.15, 0.2) is 0 Å². The summed E-state index contributed by atoms with van der Waals surface area (Å²) in [5, 5.41) is 18.1. The maximum Gasteiger partial charge on any atom is 0.310 e. The predicted octanol–water partition coefficient (Wildman–Crippen LogP) is 0.965. The Morgan fingerprint density at radius 2 is 2.42 bits per heavy atom. The minimum absolute atomic E-state index is 0.384. The van der Waals surface area contributed by atoms with Crippen LogP contribution in [0.2, 0.25) is 0 Å². The number of aliphatic carboxylic acids is 1. The van der Waals surface area contributed by atoms with Gasteiger partial charge in [0, 0.05) is 5.75 Å². The highest BCUT2D eigenvalue weighted by Gasteiger charge is 2.42. The Morgan fingerprint density at radius 3 is 2.75 bits per heavy atom. The first-order chi connectivity index (χ1) is 5.57. The second-order valence-electron chi connectivity index (χ2n) is 3.44. The maximum absolute atomic E-state index is 10.9. The van der Waals surface area contributed by atoms with Crippen molar-refractivity contribution in [3.05, 3.63) is 0 Å². The molecule has 1 aliphatic rings. The van der Waals surface area contributed by atoms with E-state index in [0.717, 1.165) is 5.75 Å². The molecule has 0 amide bonds. The number of aliphatic hydroxyl groups is 1. The molecule has 4 heteroatoms. The van der Waals surface area contributed by atoms with Crippen molar-refractivity contribution in [1.29, 1.82) is 0 Å². The van der Waals surface area contributed by atoms with Gasteiger partial charge in [0.15, 0.2) is 0 Å². The average Bonchev–Trinajstić information content (AvgIpc) is 2.35. The average molecular weight is 190 g/mol. The maximum atomic E-state index is 10.9. The fourth-order valence-corrected chi connectivity index (χ4v) is 3.05. The Morgan fingerprint density at radius 1 is 1.75 bits per heavy atom. The fraction of sp³-hybridized carbons (Fsp3) is 0.875. The van der Waals surface area contributed by atoms with Gasteiger partial charge >= 0.3 is 5.97 Å². The first-order valence-electron chi connectivity index (χ1n) is 4.06. The van der Waals surface area contributed by atoms with Gasteiger partial charge < -0.3 is 10.2 Å². The van der Waals surface area contributed by atoms with Crippen LogP contribution in [0.1, 0.15) is 19.8 Å². The van der Waals surface area contributed by atoms with Crippen molar-refractivity contribution in [3.63, 3.8) is 0 Å². The molecule has 0 radical (unpaired) electrons. The Hall–Kier alpha value is -0.220. The molecule has 0 saturated carbocycles. The van der Waals surface area contributed by atoms with Crippen LogP contribution in [-0.4, -0.2) is 33.8 Å². The molecule has 0 aromatic heterocycles. The van der Waals surface area contributed by atoms with Crippen molar-refractivity contribution >= 4 is 17.7 Å². The van der Waals surface area contributed by atoms with Crippen molar-refractivity contribution < 1.29 is 15.0 Å². The summed E-state index contributed by atoms with van der Waals surface area (Å²) in [6.45, 7) is 1.65. The van der Waals surface area contributed by atoms with E-state index in [1.165, 1.54) is 0 Å². The highest BCUT2D eigenvalue weighted by Crippen LogP contribution is 2.40. The summed E-state index contributed by atoms with van der Waals surface area (Å²) < 4.78 is 0. The molecular formula is C8H14O3S. The second kappa shape index (κ2) is 3.66. The van der Waals surface area contributed by atoms with E-state index in [1.54, 1.807) is 18.7 Å². The van der Waals surface area contributed by atoms with Gasteiger partial charge in [-0.15, -0.1) is 0 Å². The molecule has 0 spiro atoms. The first-order valence-corrected chi connectivity index (χ1v) is 5.21. The number of rotatable bonds is 3. The topological polar surface area (TPSA) is 57.5 Å². The van der Waals surface area contributed by atoms with Crippen LogP contribution in [0.4, 0.5) is 0 Å². The van der Waals surface area contributed by atoms with E-state index in [2.05, 4.69) is 0 Å². The van der Waals surface area contributed by atoms with E-state index in [-0.39, 0.29) is 0 Å². The van der Waals surface area contributed by atoms with E-state index in [4.69, 9.17) is 10.2 Å². The van der Waals surface area contributed by atoms with Gasteiger partial charge in [-0.25, -0.2) is 0 Å². The number of aliphatic hydroxyl groups excluding tert-OH is 1. The molecule has 1 saturated heterocycles. The summed E-state index contributed by atoms with van der Waals surface area (Å²) in [5.74, 6) is 0.792. The van der Waals surface area contributed by atoms with Gasteiger partial charge in [0.1, 0.15) is 0 Å². The van der Waals surface area contributed by atoms with Crippen LogP contribution in [0.25, 0.3) is 0 Å². The molecule has 1 rings (SSSR count). The number of carbonyl (C=O) groups is 1. The van der Waals surface area contributed by atoms with Crippen LogP contribution >= 0.6 is 11.8 Å². The standard InChI is InChI=1S/C8H14O3S/c1-6(9)4-8(7(10)11)2-3-12-5-8/h6,9H,2-5H2,1H3,(H,10,11). The molecule has 3 nitrogen and oxygen atoms in total. The molecule has 2 atom stereocenters. The molecule has 1 fully saturated rings. The number of hydrogen-bond donors (Lipinski definition) is 2. The highest BCUT2D eigenvalue weighted by molar-refractivity contribution is 7.99. The lowest BCUT2D eigenvalue weighted by Crippen LogP contribution is -2.34. The summed E-state index contributed by atoms with van der Waals surface area (Å²) in [6, 6.07) is 0. The Balaban J connectivity index is 2.65. The predicted molar refractivity (Wildman–Crippen MR) is 48.3 cm³/mol. The molecule has 12 heavy (non-hydrogen) atoms. The van der Waals surface area contributed by atoms with E-state index < -0.39 is 17.5 Å². The van der Waals surface area contributed by atoms with E-state index >= 15 is 0 Å². The van der Waals surface area contributed by atoms with Crippen molar-refractivity contribution in [2.24, 2.45) is 5.41 Å². The van der Waals surface area contributed by atoms with E-state index in [0.29, 0.717) is 18.6 Å². The summed E-state index contributed by atoms with van der Waals surface area (Å²) in [6.07, 6.45) is 0.563. The zero-order valence-corrected chi connectivity index (χ0v) is 7.93. The van der Waals surface area contributed by atoms with Gasteiger partial charge in [0.05, 0.1) is 11.5 Å². The SMILES string of the molecule is CC(O)CC1(C(=O)O)CCSC1. The molecule has 0 bridgehead atoms. The lowest BCUT2D eigenvalue weighted by atomic mass is 9.82. The van der Waals surface area contributed by atoms with Gasteiger partial charge in [0.2, 0.25) is 0 Å². The van der Waals surface area contributed by atoms with Crippen LogP contribution in [0, 0.1) is 5.41 Å². The minimum atomic E-state index is -0.756. The smallest absolute Gasteiger partial charge is 0.310 e. The third-order valence-electron chi connectivity index (χ3n) is 2.24. The molecule has 2 unspecified atom stereocenters. The van der Waals surface area contributed by atoms with Crippen LogP contribution in [0.3, 0.4) is 0 Å². The molecule has 70 valence electrons. The molecule has 1 aliphatic heterocycles. The first kappa shape index (κ1) is 9.86. The van der Waals surface area contributed by atoms with Gasteiger partial charge in [-0.05, 0) is 25.5 Å². The normalized spacial score (nSPS) is 31.8. The Labute approximate surface area is 76.2 Å². The Kier molecular flexibility index (Phi) is 3.01. The number of carboxylic acids is 1. The van der Waals surface area contributed by atoms with Gasteiger partial charge in [-0.1, -0.05) is 0 Å². The third-order valence-corrected chi connectivity index (χ3v) is 3.49. The number of hydrogen-bond acceptors (Lipinski definition) is 3. The Bertz CT molecular complexity index is 173.